The lowest BCUT2D eigenvalue weighted by Crippen LogP contribution is -2.30. The maximum Gasteiger partial charge on any atom is 0.129 e. The van der Waals surface area contributed by atoms with Crippen molar-refractivity contribution in [3.05, 3.63) is 72.4 Å². The molecule has 2 aromatic carbocycles. The molecule has 1 N–H and O–H groups in total. The number of anilines is 1. The Bertz CT molecular complexity index is 1260. The van der Waals surface area contributed by atoms with Gasteiger partial charge in [0.25, 0.3) is 0 Å². The number of ether oxygens (including phenoxy) is 1. The highest BCUT2D eigenvalue weighted by Crippen LogP contribution is 2.37. The van der Waals surface area contributed by atoms with Crippen molar-refractivity contribution in [2.75, 3.05) is 24.6 Å². The minimum absolute atomic E-state index is 0.510. The van der Waals surface area contributed by atoms with Crippen molar-refractivity contribution >= 4 is 16.7 Å². The number of nitrogens with one attached hydrogen (secondary N) is 1. The molecule has 0 bridgehead atoms. The number of aromatic nitrogens is 3. The molecule has 6 nitrogen and oxygen atoms in total. The molecule has 0 aliphatic carbocycles. The third-order valence-electron chi connectivity index (χ3n) is 6.00. The molecule has 1 fully saturated rings. The Morgan fingerprint density at radius 3 is 2.84 bits per heavy atom. The topological polar surface area (TPSA) is 77.8 Å². The van der Waals surface area contributed by atoms with Crippen molar-refractivity contribution in [2.24, 2.45) is 0 Å². The molecule has 1 saturated heterocycles. The highest BCUT2D eigenvalue weighted by atomic mass is 16.5. The summed E-state index contributed by atoms with van der Waals surface area (Å²) in [5, 5.41) is 18.7. The Kier molecular flexibility index (Phi) is 4.79. The Balaban J connectivity index is 1.47. The van der Waals surface area contributed by atoms with Crippen molar-refractivity contribution in [1.82, 2.24) is 15.2 Å². The second kappa shape index (κ2) is 7.77. The maximum absolute atomic E-state index is 10.0. The fourth-order valence-corrected chi connectivity index (χ4v) is 4.36. The van der Waals surface area contributed by atoms with Gasteiger partial charge in [0.2, 0.25) is 0 Å². The van der Waals surface area contributed by atoms with Gasteiger partial charge in [0, 0.05) is 30.2 Å². The first-order chi connectivity index (χ1) is 15.2. The average Bonchev–Trinajstić information content (AvgIpc) is 3.45. The number of fused-ring (bicyclic) bond motifs is 1. The summed E-state index contributed by atoms with van der Waals surface area (Å²) in [5.41, 5.74) is 3.38. The Labute approximate surface area is 181 Å². The van der Waals surface area contributed by atoms with Gasteiger partial charge in [-0.1, -0.05) is 30.3 Å². The largest absolute Gasteiger partial charge is 0.494 e. The molecular formula is C25H23N5O. The fourth-order valence-electron chi connectivity index (χ4n) is 4.36. The summed E-state index contributed by atoms with van der Waals surface area (Å²) < 4.78 is 5.66. The lowest BCUT2D eigenvalue weighted by Gasteiger charge is -2.23. The highest BCUT2D eigenvalue weighted by Gasteiger charge is 2.40. The normalized spacial score (nSPS) is 18.3. The van der Waals surface area contributed by atoms with E-state index in [4.69, 9.17) is 4.74 Å². The quantitative estimate of drug-likeness (QED) is 0.517. The lowest BCUT2D eigenvalue weighted by molar-refractivity contribution is 0.341. The van der Waals surface area contributed by atoms with E-state index in [1.54, 1.807) is 0 Å². The minimum atomic E-state index is -0.510. The summed E-state index contributed by atoms with van der Waals surface area (Å²) in [7, 11) is 0. The molecule has 1 aliphatic heterocycles. The number of nitriles is 1. The van der Waals surface area contributed by atoms with Crippen molar-refractivity contribution in [3.8, 4) is 23.1 Å². The van der Waals surface area contributed by atoms with Crippen LogP contribution in [0.1, 0.15) is 18.9 Å². The standard InChI is InChI=1S/C25H23N5O/c1-2-31-20-8-9-22-21(15-20)24(29-28-22)18-10-12-27-23(14-18)30-13-11-25(16-26,17-30)19-6-4-3-5-7-19/h3-10,12,14-15H,2,11,13,17H2,1H3,(H,28,29). The first-order valence-electron chi connectivity index (χ1n) is 10.5. The summed E-state index contributed by atoms with van der Waals surface area (Å²) in [6.07, 6.45) is 2.59. The molecule has 0 spiro atoms. The van der Waals surface area contributed by atoms with Crippen LogP contribution in [0.25, 0.3) is 22.2 Å². The van der Waals surface area contributed by atoms with Crippen LogP contribution in [0.4, 0.5) is 5.82 Å². The number of H-pyrrole nitrogens is 1. The molecule has 0 amide bonds. The van der Waals surface area contributed by atoms with Crippen LogP contribution >= 0.6 is 0 Å². The zero-order valence-electron chi connectivity index (χ0n) is 17.4. The van der Waals surface area contributed by atoms with Crippen LogP contribution in [-0.4, -0.2) is 34.9 Å². The highest BCUT2D eigenvalue weighted by molar-refractivity contribution is 5.94. The van der Waals surface area contributed by atoms with Gasteiger partial charge in [-0.05, 0) is 49.2 Å². The van der Waals surface area contributed by atoms with Crippen LogP contribution in [0.5, 0.6) is 5.75 Å². The number of pyridine rings is 1. The van der Waals surface area contributed by atoms with E-state index in [1.165, 1.54) is 0 Å². The van der Waals surface area contributed by atoms with Crippen molar-refractivity contribution in [1.29, 1.82) is 5.26 Å². The van der Waals surface area contributed by atoms with E-state index >= 15 is 0 Å². The molecule has 0 saturated carbocycles. The zero-order valence-corrected chi connectivity index (χ0v) is 17.4. The molecule has 1 unspecified atom stereocenters. The van der Waals surface area contributed by atoms with E-state index in [-0.39, 0.29) is 0 Å². The third kappa shape index (κ3) is 3.38. The van der Waals surface area contributed by atoms with Gasteiger partial charge >= 0.3 is 0 Å². The molecule has 1 atom stereocenters. The average molecular weight is 409 g/mol. The summed E-state index contributed by atoms with van der Waals surface area (Å²) in [4.78, 5) is 6.80. The van der Waals surface area contributed by atoms with Gasteiger partial charge in [-0.2, -0.15) is 10.4 Å². The van der Waals surface area contributed by atoms with Gasteiger partial charge in [0.15, 0.2) is 0 Å². The van der Waals surface area contributed by atoms with E-state index in [1.807, 2.05) is 67.7 Å². The van der Waals surface area contributed by atoms with Gasteiger partial charge in [-0.3, -0.25) is 5.10 Å². The van der Waals surface area contributed by atoms with E-state index in [0.717, 1.165) is 52.3 Å². The molecule has 6 heteroatoms. The Morgan fingerprint density at radius 2 is 2.03 bits per heavy atom. The summed E-state index contributed by atoms with van der Waals surface area (Å²) in [6.45, 7) is 4.01. The molecule has 3 heterocycles. The van der Waals surface area contributed by atoms with Crippen LogP contribution in [0.15, 0.2) is 66.9 Å². The summed E-state index contributed by atoms with van der Waals surface area (Å²) in [6, 6.07) is 22.6. The van der Waals surface area contributed by atoms with Crippen molar-refractivity contribution in [2.45, 2.75) is 18.8 Å². The maximum atomic E-state index is 10.0. The van der Waals surface area contributed by atoms with Gasteiger partial charge in [0.1, 0.15) is 22.7 Å². The van der Waals surface area contributed by atoms with Crippen molar-refractivity contribution < 1.29 is 4.74 Å². The van der Waals surface area contributed by atoms with Crippen LogP contribution in [-0.2, 0) is 5.41 Å². The second-order valence-corrected chi connectivity index (χ2v) is 7.85. The van der Waals surface area contributed by atoms with Crippen LogP contribution in [0, 0.1) is 11.3 Å². The lowest BCUT2D eigenvalue weighted by atomic mass is 9.81. The van der Waals surface area contributed by atoms with E-state index in [0.29, 0.717) is 13.2 Å². The molecule has 154 valence electrons. The minimum Gasteiger partial charge on any atom is -0.494 e. The molecule has 31 heavy (non-hydrogen) atoms. The molecule has 5 rings (SSSR count). The number of hydrogen-bond donors (Lipinski definition) is 1. The zero-order chi connectivity index (χ0) is 21.3. The predicted molar refractivity (Wildman–Crippen MR) is 121 cm³/mol. The van der Waals surface area contributed by atoms with Gasteiger partial charge in [-0.15, -0.1) is 0 Å². The number of aromatic amines is 1. The molecule has 4 aromatic rings. The first kappa shape index (κ1) is 19.1. The number of benzene rings is 2. The van der Waals surface area contributed by atoms with Crippen LogP contribution in [0.3, 0.4) is 0 Å². The van der Waals surface area contributed by atoms with Gasteiger partial charge in [-0.25, -0.2) is 4.98 Å². The molecule has 0 radical (unpaired) electrons. The fraction of sp³-hybridized carbons (Fsp3) is 0.240. The van der Waals surface area contributed by atoms with Gasteiger partial charge in [0.05, 0.1) is 18.2 Å². The number of rotatable bonds is 5. The Hall–Kier alpha value is -3.85. The van der Waals surface area contributed by atoms with Crippen LogP contribution in [0.2, 0.25) is 0 Å². The smallest absolute Gasteiger partial charge is 0.129 e. The number of hydrogen-bond acceptors (Lipinski definition) is 5. The third-order valence-corrected chi connectivity index (χ3v) is 6.00. The molecule has 2 aromatic heterocycles. The monoisotopic (exact) mass is 409 g/mol. The summed E-state index contributed by atoms with van der Waals surface area (Å²) in [5.74, 6) is 1.69. The second-order valence-electron chi connectivity index (χ2n) is 7.85. The SMILES string of the molecule is CCOc1ccc2[nH]nc(-c3ccnc(N4CCC(C#N)(c5ccccc5)C4)c3)c2c1. The summed E-state index contributed by atoms with van der Waals surface area (Å²) >= 11 is 0. The first-order valence-corrected chi connectivity index (χ1v) is 10.5. The molecule has 1 aliphatic rings. The number of nitrogens with zero attached hydrogens (tertiary/aromatic N) is 4. The molecular weight excluding hydrogens is 386 g/mol. The van der Waals surface area contributed by atoms with E-state index < -0.39 is 5.41 Å². The van der Waals surface area contributed by atoms with Gasteiger partial charge < -0.3 is 9.64 Å². The van der Waals surface area contributed by atoms with Crippen molar-refractivity contribution in [3.63, 3.8) is 0 Å². The Morgan fingerprint density at radius 1 is 1.16 bits per heavy atom. The van der Waals surface area contributed by atoms with E-state index in [2.05, 4.69) is 32.2 Å². The predicted octanol–water partition coefficient (Wildman–Crippen LogP) is 4.70. The van der Waals surface area contributed by atoms with E-state index in [9.17, 15) is 5.26 Å². The van der Waals surface area contributed by atoms with Crippen LogP contribution < -0.4 is 9.64 Å².